The maximum atomic E-state index is 11.5. The highest BCUT2D eigenvalue weighted by molar-refractivity contribution is 9.10. The molecule has 0 amide bonds. The average molecular weight is 383 g/mol. The zero-order valence-corrected chi connectivity index (χ0v) is 14.8. The number of unbranched alkanes of at least 4 members (excludes halogenated alkanes) is 1. The number of hydrogen-bond acceptors (Lipinski definition) is 3. The first-order valence-corrected chi connectivity index (χ1v) is 8.96. The molecule has 3 nitrogen and oxygen atoms in total. The molecule has 5 heteroatoms. The molecular weight excluding hydrogens is 364 g/mol. The van der Waals surface area contributed by atoms with Crippen LogP contribution in [0.25, 0.3) is 0 Å². The number of hydrogen-bond donors (Lipinski definition) is 1. The van der Waals surface area contributed by atoms with Crippen molar-refractivity contribution < 1.29 is 14.6 Å². The van der Waals surface area contributed by atoms with Gasteiger partial charge in [0.15, 0.2) is 0 Å². The smallest absolute Gasteiger partial charge is 0.312 e. The zero-order chi connectivity index (χ0) is 15.9. The van der Waals surface area contributed by atoms with Gasteiger partial charge in [-0.3, -0.25) is 4.79 Å². The molecule has 118 valence electrons. The van der Waals surface area contributed by atoms with Crippen molar-refractivity contribution in [1.82, 2.24) is 0 Å². The standard InChI is InChI=1S/C17H19BrO3S/c1-2-3-8-21-15-7-6-12(11-14(15)18)10-13(17(19)20)16-5-4-9-22-16/h4-7,9,11,13H,2-3,8,10H2,1H3,(H,19,20). The van der Waals surface area contributed by atoms with E-state index in [2.05, 4.69) is 22.9 Å². The molecule has 1 unspecified atom stereocenters. The van der Waals surface area contributed by atoms with Crippen LogP contribution in [0.15, 0.2) is 40.2 Å². The molecule has 0 radical (unpaired) electrons. The number of rotatable bonds is 8. The highest BCUT2D eigenvalue weighted by atomic mass is 79.9. The van der Waals surface area contributed by atoms with Crippen molar-refractivity contribution in [2.24, 2.45) is 0 Å². The van der Waals surface area contributed by atoms with E-state index in [1.54, 1.807) is 0 Å². The number of aliphatic carboxylic acids is 1. The van der Waals surface area contributed by atoms with Gasteiger partial charge in [-0.2, -0.15) is 0 Å². The lowest BCUT2D eigenvalue weighted by Gasteiger charge is -2.13. The van der Waals surface area contributed by atoms with Crippen molar-refractivity contribution in [3.05, 3.63) is 50.6 Å². The highest BCUT2D eigenvalue weighted by Gasteiger charge is 2.21. The molecule has 0 aliphatic rings. The Morgan fingerprint density at radius 1 is 1.41 bits per heavy atom. The molecule has 0 aliphatic heterocycles. The molecule has 1 aromatic carbocycles. The van der Waals surface area contributed by atoms with Crippen LogP contribution in [0, 0.1) is 0 Å². The summed E-state index contributed by atoms with van der Waals surface area (Å²) in [6, 6.07) is 9.56. The fourth-order valence-electron chi connectivity index (χ4n) is 2.15. The fraction of sp³-hybridized carbons (Fsp3) is 0.353. The van der Waals surface area contributed by atoms with Crippen LogP contribution in [0.4, 0.5) is 0 Å². The van der Waals surface area contributed by atoms with Crippen molar-refractivity contribution >= 4 is 33.2 Å². The van der Waals surface area contributed by atoms with Gasteiger partial charge in [-0.05, 0) is 57.9 Å². The summed E-state index contributed by atoms with van der Waals surface area (Å²) < 4.78 is 6.57. The summed E-state index contributed by atoms with van der Waals surface area (Å²) in [4.78, 5) is 12.4. The van der Waals surface area contributed by atoms with Crippen molar-refractivity contribution in [2.75, 3.05) is 6.61 Å². The summed E-state index contributed by atoms with van der Waals surface area (Å²) in [5.41, 5.74) is 0.982. The topological polar surface area (TPSA) is 46.5 Å². The third kappa shape index (κ3) is 4.58. The maximum absolute atomic E-state index is 11.5. The van der Waals surface area contributed by atoms with Gasteiger partial charge in [-0.15, -0.1) is 11.3 Å². The zero-order valence-electron chi connectivity index (χ0n) is 12.4. The monoisotopic (exact) mass is 382 g/mol. The summed E-state index contributed by atoms with van der Waals surface area (Å²) in [7, 11) is 0. The molecule has 22 heavy (non-hydrogen) atoms. The number of benzene rings is 1. The number of carbonyl (C=O) groups is 1. The Morgan fingerprint density at radius 2 is 2.23 bits per heavy atom. The van der Waals surface area contributed by atoms with Crippen LogP contribution in [0.3, 0.4) is 0 Å². The molecular formula is C17H19BrO3S. The summed E-state index contributed by atoms with van der Waals surface area (Å²) >= 11 is 4.99. The van der Waals surface area contributed by atoms with Gasteiger partial charge in [0.2, 0.25) is 0 Å². The molecule has 0 spiro atoms. The van der Waals surface area contributed by atoms with Crippen LogP contribution in [-0.4, -0.2) is 17.7 Å². The molecule has 2 aromatic rings. The van der Waals surface area contributed by atoms with Crippen molar-refractivity contribution in [3.8, 4) is 5.75 Å². The number of halogens is 1. The van der Waals surface area contributed by atoms with Gasteiger partial charge in [-0.1, -0.05) is 25.5 Å². The van der Waals surface area contributed by atoms with E-state index < -0.39 is 11.9 Å². The molecule has 0 saturated heterocycles. The number of ether oxygens (including phenoxy) is 1. The quantitative estimate of drug-likeness (QED) is 0.645. The Bertz CT molecular complexity index is 610. The van der Waals surface area contributed by atoms with Gasteiger partial charge < -0.3 is 9.84 Å². The van der Waals surface area contributed by atoms with E-state index in [0.29, 0.717) is 13.0 Å². The Kier molecular flexibility index (Phi) is 6.46. The number of thiophene rings is 1. The summed E-state index contributed by atoms with van der Waals surface area (Å²) in [5, 5.41) is 11.4. The second kappa shape index (κ2) is 8.34. The Balaban J connectivity index is 2.09. The maximum Gasteiger partial charge on any atom is 0.312 e. The number of carboxylic acid groups (broad SMARTS) is 1. The van der Waals surface area contributed by atoms with Crippen molar-refractivity contribution in [1.29, 1.82) is 0 Å². The molecule has 1 N–H and O–H groups in total. The van der Waals surface area contributed by atoms with E-state index >= 15 is 0 Å². The van der Waals surface area contributed by atoms with Crippen LogP contribution >= 0.6 is 27.3 Å². The van der Waals surface area contributed by atoms with Crippen LogP contribution in [0.1, 0.15) is 36.1 Å². The fourth-order valence-corrected chi connectivity index (χ4v) is 3.51. The Morgan fingerprint density at radius 3 is 2.82 bits per heavy atom. The highest BCUT2D eigenvalue weighted by Crippen LogP contribution is 2.30. The largest absolute Gasteiger partial charge is 0.492 e. The molecule has 0 bridgehead atoms. The minimum Gasteiger partial charge on any atom is -0.492 e. The van der Waals surface area contributed by atoms with E-state index in [4.69, 9.17) is 4.74 Å². The van der Waals surface area contributed by atoms with Gasteiger partial charge in [0, 0.05) is 4.88 Å². The van der Waals surface area contributed by atoms with Crippen molar-refractivity contribution in [3.63, 3.8) is 0 Å². The molecule has 0 fully saturated rings. The predicted molar refractivity (Wildman–Crippen MR) is 92.9 cm³/mol. The molecule has 1 heterocycles. The van der Waals surface area contributed by atoms with Crippen LogP contribution in [0.5, 0.6) is 5.75 Å². The van der Waals surface area contributed by atoms with Crippen LogP contribution < -0.4 is 4.74 Å². The first kappa shape index (κ1) is 17.0. The van der Waals surface area contributed by atoms with Crippen molar-refractivity contribution in [2.45, 2.75) is 32.1 Å². The first-order valence-electron chi connectivity index (χ1n) is 7.29. The minimum absolute atomic E-state index is 0.476. The Labute approximate surface area is 143 Å². The predicted octanol–water partition coefficient (Wildman–Crippen LogP) is 5.10. The lowest BCUT2D eigenvalue weighted by atomic mass is 9.98. The average Bonchev–Trinajstić information content (AvgIpc) is 3.00. The Hall–Kier alpha value is -1.33. The van der Waals surface area contributed by atoms with Gasteiger partial charge in [-0.25, -0.2) is 0 Å². The SMILES string of the molecule is CCCCOc1ccc(CC(C(=O)O)c2cccs2)cc1Br. The van der Waals surface area contributed by atoms with Gasteiger partial charge in [0.05, 0.1) is 17.0 Å². The third-order valence-corrected chi connectivity index (χ3v) is 4.98. The molecule has 2 rings (SSSR count). The van der Waals surface area contributed by atoms with E-state index in [-0.39, 0.29) is 0 Å². The van der Waals surface area contributed by atoms with E-state index in [1.807, 2.05) is 35.7 Å². The van der Waals surface area contributed by atoms with Gasteiger partial charge in [0.25, 0.3) is 0 Å². The summed E-state index contributed by atoms with van der Waals surface area (Å²) in [6.07, 6.45) is 2.59. The molecule has 0 saturated carbocycles. The van der Waals surface area contributed by atoms with Crippen LogP contribution in [-0.2, 0) is 11.2 Å². The number of carboxylic acids is 1. The third-order valence-electron chi connectivity index (χ3n) is 3.38. The van der Waals surface area contributed by atoms with Gasteiger partial charge in [0.1, 0.15) is 5.75 Å². The lowest BCUT2D eigenvalue weighted by Crippen LogP contribution is -2.13. The van der Waals surface area contributed by atoms with Gasteiger partial charge >= 0.3 is 5.97 Å². The van der Waals surface area contributed by atoms with E-state index in [9.17, 15) is 9.90 Å². The van der Waals surface area contributed by atoms with E-state index in [0.717, 1.165) is 33.5 Å². The molecule has 0 aliphatic carbocycles. The lowest BCUT2D eigenvalue weighted by molar-refractivity contribution is -0.138. The second-order valence-corrected chi connectivity index (χ2v) is 6.91. The normalized spacial score (nSPS) is 12.1. The summed E-state index contributed by atoms with van der Waals surface area (Å²) in [6.45, 7) is 2.82. The summed E-state index contributed by atoms with van der Waals surface area (Å²) in [5.74, 6) is -0.485. The van der Waals surface area contributed by atoms with Crippen LogP contribution in [0.2, 0.25) is 0 Å². The minimum atomic E-state index is -0.790. The molecule has 1 atom stereocenters. The first-order chi connectivity index (χ1) is 10.6. The molecule has 1 aromatic heterocycles. The van der Waals surface area contributed by atoms with E-state index in [1.165, 1.54) is 11.3 Å². The second-order valence-electron chi connectivity index (χ2n) is 5.08.